The van der Waals surface area contributed by atoms with E-state index in [2.05, 4.69) is 11.4 Å². The molecule has 0 radical (unpaired) electrons. The fourth-order valence-electron chi connectivity index (χ4n) is 3.00. The molecule has 0 atom stereocenters. The largest absolute Gasteiger partial charge is 0.490 e. The van der Waals surface area contributed by atoms with Crippen LogP contribution in [-0.2, 0) is 11.2 Å². The van der Waals surface area contributed by atoms with Gasteiger partial charge in [-0.25, -0.2) is 0 Å². The Morgan fingerprint density at radius 3 is 2.37 bits per heavy atom. The first-order chi connectivity index (χ1) is 13.2. The third-order valence-corrected chi connectivity index (χ3v) is 4.28. The maximum Gasteiger partial charge on any atom is 0.224 e. The predicted molar refractivity (Wildman–Crippen MR) is 110 cm³/mol. The Morgan fingerprint density at radius 1 is 0.852 bits per heavy atom. The molecule has 0 heterocycles. The summed E-state index contributed by atoms with van der Waals surface area (Å²) in [6.07, 6.45) is 1.05. The van der Waals surface area contributed by atoms with Crippen LogP contribution in [0, 0.1) is 0 Å². The van der Waals surface area contributed by atoms with Crippen LogP contribution >= 0.6 is 0 Å². The number of carbonyl (C=O) groups is 1. The second kappa shape index (κ2) is 9.08. The highest BCUT2D eigenvalue weighted by Gasteiger charge is 2.08. The number of rotatable bonds is 8. The number of carbonyl (C=O) groups excluding carboxylic acids is 1. The van der Waals surface area contributed by atoms with Crippen molar-refractivity contribution >= 4 is 22.4 Å². The molecule has 0 saturated heterocycles. The topological polar surface area (TPSA) is 47.6 Å². The highest BCUT2D eigenvalue weighted by Crippen LogP contribution is 2.29. The lowest BCUT2D eigenvalue weighted by Crippen LogP contribution is -2.12. The summed E-state index contributed by atoms with van der Waals surface area (Å²) in [7, 11) is 0. The first kappa shape index (κ1) is 18.8. The van der Waals surface area contributed by atoms with Crippen molar-refractivity contribution in [1.29, 1.82) is 0 Å². The van der Waals surface area contributed by atoms with Gasteiger partial charge in [-0.15, -0.1) is 0 Å². The van der Waals surface area contributed by atoms with Gasteiger partial charge in [0.05, 0.1) is 13.2 Å². The Labute approximate surface area is 160 Å². The van der Waals surface area contributed by atoms with E-state index in [1.807, 2.05) is 68.4 Å². The van der Waals surface area contributed by atoms with Crippen molar-refractivity contribution < 1.29 is 14.3 Å². The zero-order chi connectivity index (χ0) is 19.1. The van der Waals surface area contributed by atoms with E-state index in [1.54, 1.807) is 0 Å². The summed E-state index contributed by atoms with van der Waals surface area (Å²) in [6, 6.07) is 19.9. The fraction of sp³-hybridized carbons (Fsp3) is 0.261. The zero-order valence-electron chi connectivity index (χ0n) is 15.8. The van der Waals surface area contributed by atoms with Crippen molar-refractivity contribution in [2.24, 2.45) is 0 Å². The molecule has 4 heteroatoms. The quantitative estimate of drug-likeness (QED) is 0.598. The molecule has 1 amide bonds. The molecule has 0 aliphatic carbocycles. The molecule has 3 aromatic carbocycles. The van der Waals surface area contributed by atoms with Gasteiger partial charge in [-0.1, -0.05) is 36.4 Å². The average Bonchev–Trinajstić information content (AvgIpc) is 2.68. The SMILES string of the molecule is CCOc1ccc(CCC(=O)Nc2ccc3ccccc3c2)cc1OCC. The van der Waals surface area contributed by atoms with Gasteiger partial charge >= 0.3 is 0 Å². The van der Waals surface area contributed by atoms with E-state index in [0.29, 0.717) is 26.1 Å². The van der Waals surface area contributed by atoms with Crippen LogP contribution in [0.1, 0.15) is 25.8 Å². The van der Waals surface area contributed by atoms with Gasteiger partial charge < -0.3 is 14.8 Å². The maximum atomic E-state index is 12.3. The van der Waals surface area contributed by atoms with Crippen molar-refractivity contribution in [3.8, 4) is 11.5 Å². The van der Waals surface area contributed by atoms with Crippen LogP contribution in [0.2, 0.25) is 0 Å². The van der Waals surface area contributed by atoms with E-state index in [-0.39, 0.29) is 5.91 Å². The van der Waals surface area contributed by atoms with Gasteiger partial charge in [0, 0.05) is 12.1 Å². The fourth-order valence-corrected chi connectivity index (χ4v) is 3.00. The molecular formula is C23H25NO3. The summed E-state index contributed by atoms with van der Waals surface area (Å²) in [4.78, 5) is 12.3. The van der Waals surface area contributed by atoms with Crippen LogP contribution in [0.15, 0.2) is 60.7 Å². The summed E-state index contributed by atoms with van der Waals surface area (Å²) in [5, 5.41) is 5.26. The van der Waals surface area contributed by atoms with Gasteiger partial charge in [-0.3, -0.25) is 4.79 Å². The minimum Gasteiger partial charge on any atom is -0.490 e. The number of fused-ring (bicyclic) bond motifs is 1. The predicted octanol–water partition coefficient (Wildman–Crippen LogP) is 5.21. The van der Waals surface area contributed by atoms with Gasteiger partial charge in [0.2, 0.25) is 5.91 Å². The van der Waals surface area contributed by atoms with Gasteiger partial charge in [0.25, 0.3) is 0 Å². The molecule has 0 aliphatic heterocycles. The number of benzene rings is 3. The van der Waals surface area contributed by atoms with E-state index < -0.39 is 0 Å². The third kappa shape index (κ3) is 5.00. The molecule has 3 rings (SSSR count). The van der Waals surface area contributed by atoms with Crippen molar-refractivity contribution in [1.82, 2.24) is 0 Å². The Hall–Kier alpha value is -3.01. The minimum absolute atomic E-state index is 0.00266. The first-order valence-corrected chi connectivity index (χ1v) is 9.36. The van der Waals surface area contributed by atoms with Crippen molar-refractivity contribution in [2.75, 3.05) is 18.5 Å². The van der Waals surface area contributed by atoms with Crippen LogP contribution in [0.4, 0.5) is 5.69 Å². The third-order valence-electron chi connectivity index (χ3n) is 4.28. The van der Waals surface area contributed by atoms with Crippen LogP contribution in [-0.4, -0.2) is 19.1 Å². The molecule has 3 aromatic rings. The smallest absolute Gasteiger partial charge is 0.224 e. The number of amides is 1. The van der Waals surface area contributed by atoms with Crippen LogP contribution in [0.5, 0.6) is 11.5 Å². The monoisotopic (exact) mass is 363 g/mol. The molecule has 0 fully saturated rings. The highest BCUT2D eigenvalue weighted by atomic mass is 16.5. The standard InChI is InChI=1S/C23H25NO3/c1-3-26-21-13-9-17(15-22(21)27-4-2)10-14-23(25)24-20-12-11-18-7-5-6-8-19(18)16-20/h5-9,11-13,15-16H,3-4,10,14H2,1-2H3,(H,24,25). The summed E-state index contributed by atoms with van der Waals surface area (Å²) in [6.45, 7) is 5.06. The van der Waals surface area contributed by atoms with Gasteiger partial charge in [-0.05, 0) is 60.9 Å². The molecule has 0 aliphatic rings. The molecule has 0 bridgehead atoms. The molecule has 27 heavy (non-hydrogen) atoms. The lowest BCUT2D eigenvalue weighted by molar-refractivity contribution is -0.116. The second-order valence-electron chi connectivity index (χ2n) is 6.26. The summed E-state index contributed by atoms with van der Waals surface area (Å²) in [5.74, 6) is 1.47. The number of hydrogen-bond donors (Lipinski definition) is 1. The highest BCUT2D eigenvalue weighted by molar-refractivity contribution is 5.94. The summed E-state index contributed by atoms with van der Waals surface area (Å²) < 4.78 is 11.2. The molecule has 4 nitrogen and oxygen atoms in total. The van der Waals surface area contributed by atoms with Crippen molar-refractivity contribution in [2.45, 2.75) is 26.7 Å². The van der Waals surface area contributed by atoms with Crippen LogP contribution in [0.3, 0.4) is 0 Å². The van der Waals surface area contributed by atoms with Gasteiger partial charge in [0.15, 0.2) is 11.5 Å². The second-order valence-corrected chi connectivity index (χ2v) is 6.26. The summed E-state index contributed by atoms with van der Waals surface area (Å²) in [5.41, 5.74) is 1.87. The van der Waals surface area contributed by atoms with Crippen molar-refractivity contribution in [3.05, 3.63) is 66.2 Å². The van der Waals surface area contributed by atoms with Gasteiger partial charge in [0.1, 0.15) is 0 Å². The van der Waals surface area contributed by atoms with Crippen LogP contribution in [0.25, 0.3) is 10.8 Å². The normalized spacial score (nSPS) is 10.6. The molecule has 140 valence electrons. The Balaban J connectivity index is 1.61. The molecule has 0 spiro atoms. The Kier molecular flexibility index (Phi) is 6.31. The van der Waals surface area contributed by atoms with E-state index in [9.17, 15) is 4.79 Å². The molecule has 0 aromatic heterocycles. The van der Waals surface area contributed by atoms with E-state index in [1.165, 1.54) is 0 Å². The zero-order valence-corrected chi connectivity index (χ0v) is 15.8. The molecule has 0 unspecified atom stereocenters. The Bertz CT molecular complexity index is 920. The summed E-state index contributed by atoms with van der Waals surface area (Å²) >= 11 is 0. The van der Waals surface area contributed by atoms with Gasteiger partial charge in [-0.2, -0.15) is 0 Å². The number of hydrogen-bond acceptors (Lipinski definition) is 3. The minimum atomic E-state index is -0.00266. The number of aryl methyl sites for hydroxylation is 1. The van der Waals surface area contributed by atoms with Crippen LogP contribution < -0.4 is 14.8 Å². The molecule has 1 N–H and O–H groups in total. The Morgan fingerprint density at radius 2 is 1.59 bits per heavy atom. The number of ether oxygens (including phenoxy) is 2. The lowest BCUT2D eigenvalue weighted by Gasteiger charge is -2.12. The van der Waals surface area contributed by atoms with Crippen molar-refractivity contribution in [3.63, 3.8) is 0 Å². The van der Waals surface area contributed by atoms with E-state index in [0.717, 1.165) is 33.5 Å². The number of anilines is 1. The van der Waals surface area contributed by atoms with E-state index >= 15 is 0 Å². The number of nitrogens with one attached hydrogen (secondary N) is 1. The first-order valence-electron chi connectivity index (χ1n) is 9.36. The lowest BCUT2D eigenvalue weighted by atomic mass is 10.1. The average molecular weight is 363 g/mol. The molecule has 0 saturated carbocycles. The van der Waals surface area contributed by atoms with E-state index in [4.69, 9.17) is 9.47 Å². The molecular weight excluding hydrogens is 338 g/mol. The maximum absolute atomic E-state index is 12.3.